The molecule has 0 heterocycles. The molecule has 38 heavy (non-hydrogen) atoms. The number of esters is 1. The molecular weight excluding hydrogens is 504 g/mol. The monoisotopic (exact) mass is 528 g/mol. The van der Waals surface area contributed by atoms with E-state index in [-0.39, 0.29) is 29.4 Å². The Morgan fingerprint density at radius 3 is 2.18 bits per heavy atom. The van der Waals surface area contributed by atoms with Gasteiger partial charge in [0, 0.05) is 27.2 Å². The predicted molar refractivity (Wildman–Crippen MR) is 147 cm³/mol. The average molecular weight is 529 g/mol. The number of benzene rings is 4. The number of nitrogens with one attached hydrogen (secondary N) is 2. The second kappa shape index (κ2) is 12.1. The van der Waals surface area contributed by atoms with Crippen molar-refractivity contribution >= 4 is 57.7 Å². The van der Waals surface area contributed by atoms with E-state index in [1.807, 2.05) is 6.07 Å². The summed E-state index contributed by atoms with van der Waals surface area (Å²) in [6, 6.07) is 23.4. The highest BCUT2D eigenvalue weighted by Crippen LogP contribution is 2.26. The molecule has 0 fully saturated rings. The van der Waals surface area contributed by atoms with Gasteiger partial charge in [0.15, 0.2) is 0 Å². The molecule has 2 amide bonds. The van der Waals surface area contributed by atoms with Crippen LogP contribution in [0.5, 0.6) is 0 Å². The van der Waals surface area contributed by atoms with E-state index < -0.39 is 17.8 Å². The number of carboxylic acids is 1. The van der Waals surface area contributed by atoms with Crippen LogP contribution in [0.25, 0.3) is 10.8 Å². The molecule has 8 nitrogen and oxygen atoms in total. The van der Waals surface area contributed by atoms with E-state index >= 15 is 0 Å². The zero-order valence-electron chi connectivity index (χ0n) is 20.4. The van der Waals surface area contributed by atoms with Crippen molar-refractivity contribution in [1.29, 1.82) is 0 Å². The summed E-state index contributed by atoms with van der Waals surface area (Å²) in [5, 5.41) is 16.2. The highest BCUT2D eigenvalue weighted by molar-refractivity contribution is 8.00. The Morgan fingerprint density at radius 1 is 0.816 bits per heavy atom. The van der Waals surface area contributed by atoms with Gasteiger partial charge in [-0.25, -0.2) is 9.59 Å². The topological polar surface area (TPSA) is 122 Å². The van der Waals surface area contributed by atoms with Crippen molar-refractivity contribution in [3.63, 3.8) is 0 Å². The van der Waals surface area contributed by atoms with E-state index in [2.05, 4.69) is 10.6 Å². The van der Waals surface area contributed by atoms with Gasteiger partial charge in [-0.2, -0.15) is 0 Å². The minimum Gasteiger partial charge on any atom is -0.478 e. The van der Waals surface area contributed by atoms with Crippen molar-refractivity contribution in [2.75, 3.05) is 23.0 Å². The van der Waals surface area contributed by atoms with Crippen LogP contribution in [0.1, 0.15) is 38.0 Å². The number of amides is 2. The number of carbonyl (C=O) groups is 4. The van der Waals surface area contributed by atoms with Gasteiger partial charge in [0.2, 0.25) is 5.91 Å². The summed E-state index contributed by atoms with van der Waals surface area (Å²) in [5.41, 5.74) is 1.78. The van der Waals surface area contributed by atoms with Crippen LogP contribution in [0, 0.1) is 0 Å². The maximum absolute atomic E-state index is 13.1. The summed E-state index contributed by atoms with van der Waals surface area (Å²) in [5.74, 6) is -2.07. The molecule has 4 aromatic carbocycles. The fourth-order valence-electron chi connectivity index (χ4n) is 3.82. The normalized spacial score (nSPS) is 10.6. The van der Waals surface area contributed by atoms with Crippen molar-refractivity contribution in [3.05, 3.63) is 102 Å². The Labute approximate surface area is 223 Å². The molecular formula is C29H24N2O6S. The molecule has 9 heteroatoms. The van der Waals surface area contributed by atoms with E-state index in [0.717, 1.165) is 4.90 Å². The van der Waals surface area contributed by atoms with E-state index in [1.165, 1.54) is 17.8 Å². The van der Waals surface area contributed by atoms with Crippen molar-refractivity contribution in [2.45, 2.75) is 11.8 Å². The summed E-state index contributed by atoms with van der Waals surface area (Å²) in [7, 11) is 0. The molecule has 3 N–H and O–H groups in total. The molecule has 0 spiro atoms. The van der Waals surface area contributed by atoms with E-state index in [0.29, 0.717) is 27.7 Å². The Kier molecular flexibility index (Phi) is 8.40. The van der Waals surface area contributed by atoms with Gasteiger partial charge in [0.05, 0.1) is 23.5 Å². The predicted octanol–water partition coefficient (Wildman–Crippen LogP) is 5.70. The molecule has 0 aliphatic rings. The first kappa shape index (κ1) is 26.4. The van der Waals surface area contributed by atoms with Gasteiger partial charge in [0.1, 0.15) is 0 Å². The van der Waals surface area contributed by atoms with Crippen LogP contribution < -0.4 is 10.6 Å². The standard InChI is InChI=1S/C29H24N2O6S/c1-2-37-29(36)19-12-14-20(15-13-19)30-25(32)17-38-22-9-5-8-21(16-22)31-27(33)23-10-3-6-18-7-4-11-24(26(18)23)28(34)35/h3-16H,2,17H2,1H3,(H,30,32)(H,31,33)(H,34,35). The lowest BCUT2D eigenvalue weighted by atomic mass is 9.98. The van der Waals surface area contributed by atoms with Crippen molar-refractivity contribution in [2.24, 2.45) is 0 Å². The fourth-order valence-corrected chi connectivity index (χ4v) is 4.58. The maximum Gasteiger partial charge on any atom is 0.338 e. The van der Waals surface area contributed by atoms with E-state index in [1.54, 1.807) is 79.7 Å². The molecule has 0 aliphatic carbocycles. The van der Waals surface area contributed by atoms with Gasteiger partial charge < -0.3 is 20.5 Å². The third-order valence-electron chi connectivity index (χ3n) is 5.52. The van der Waals surface area contributed by atoms with Crippen molar-refractivity contribution in [3.8, 4) is 0 Å². The number of carbonyl (C=O) groups excluding carboxylic acids is 3. The quantitative estimate of drug-likeness (QED) is 0.188. The second-order valence-corrected chi connectivity index (χ2v) is 9.18. The van der Waals surface area contributed by atoms with Gasteiger partial charge in [0.25, 0.3) is 5.91 Å². The van der Waals surface area contributed by atoms with Crippen LogP contribution in [0.3, 0.4) is 0 Å². The third-order valence-corrected chi connectivity index (χ3v) is 6.52. The summed E-state index contributed by atoms with van der Waals surface area (Å²) >= 11 is 1.29. The summed E-state index contributed by atoms with van der Waals surface area (Å²) in [6.07, 6.45) is 0. The summed E-state index contributed by atoms with van der Waals surface area (Å²) in [4.78, 5) is 49.7. The molecule has 0 saturated carbocycles. The molecule has 4 rings (SSSR count). The number of anilines is 2. The number of thioether (sulfide) groups is 1. The molecule has 0 saturated heterocycles. The first-order chi connectivity index (χ1) is 18.4. The largest absolute Gasteiger partial charge is 0.478 e. The number of fused-ring (bicyclic) bond motifs is 1. The van der Waals surface area contributed by atoms with Crippen LogP contribution in [-0.4, -0.2) is 41.2 Å². The molecule has 0 aromatic heterocycles. The number of carboxylic acid groups (broad SMARTS) is 1. The summed E-state index contributed by atoms with van der Waals surface area (Å²) in [6.45, 7) is 2.02. The first-order valence-corrected chi connectivity index (χ1v) is 12.7. The molecule has 192 valence electrons. The number of hydrogen-bond donors (Lipinski definition) is 3. The van der Waals surface area contributed by atoms with Crippen LogP contribution in [0.2, 0.25) is 0 Å². The van der Waals surface area contributed by atoms with E-state index in [9.17, 15) is 24.3 Å². The maximum atomic E-state index is 13.1. The Morgan fingerprint density at radius 2 is 1.50 bits per heavy atom. The Hall–Kier alpha value is -4.63. The number of aromatic carboxylic acids is 1. The van der Waals surface area contributed by atoms with Crippen LogP contribution in [-0.2, 0) is 9.53 Å². The molecule has 0 bridgehead atoms. The molecule has 0 aliphatic heterocycles. The minimum absolute atomic E-state index is 0.0547. The molecule has 0 unspecified atom stereocenters. The van der Waals surface area contributed by atoms with Gasteiger partial charge in [-0.15, -0.1) is 11.8 Å². The fraction of sp³-hybridized carbons (Fsp3) is 0.103. The Bertz CT molecular complexity index is 1510. The lowest BCUT2D eigenvalue weighted by Gasteiger charge is -2.11. The van der Waals surface area contributed by atoms with Crippen molar-refractivity contribution < 1.29 is 29.0 Å². The highest BCUT2D eigenvalue weighted by atomic mass is 32.2. The van der Waals surface area contributed by atoms with Gasteiger partial charge >= 0.3 is 11.9 Å². The SMILES string of the molecule is CCOC(=O)c1ccc(NC(=O)CSc2cccc(NC(=O)c3cccc4cccc(C(=O)O)c34)c2)cc1. The zero-order valence-corrected chi connectivity index (χ0v) is 21.2. The van der Waals surface area contributed by atoms with E-state index in [4.69, 9.17) is 4.74 Å². The first-order valence-electron chi connectivity index (χ1n) is 11.7. The number of ether oxygens (including phenoxy) is 1. The lowest BCUT2D eigenvalue weighted by molar-refractivity contribution is -0.113. The third kappa shape index (κ3) is 6.37. The van der Waals surface area contributed by atoms with Crippen LogP contribution >= 0.6 is 11.8 Å². The Balaban J connectivity index is 1.39. The lowest BCUT2D eigenvalue weighted by Crippen LogP contribution is -2.14. The molecule has 0 atom stereocenters. The van der Waals surface area contributed by atoms with Gasteiger partial charge in [-0.05, 0) is 66.9 Å². The number of rotatable bonds is 9. The molecule has 4 aromatic rings. The second-order valence-electron chi connectivity index (χ2n) is 8.13. The van der Waals surface area contributed by atoms with Gasteiger partial charge in [-0.3, -0.25) is 9.59 Å². The average Bonchev–Trinajstić information content (AvgIpc) is 2.92. The molecule has 0 radical (unpaired) electrons. The highest BCUT2D eigenvalue weighted by Gasteiger charge is 2.17. The van der Waals surface area contributed by atoms with Gasteiger partial charge in [-0.1, -0.05) is 30.3 Å². The van der Waals surface area contributed by atoms with Crippen LogP contribution in [0.4, 0.5) is 11.4 Å². The summed E-state index contributed by atoms with van der Waals surface area (Å²) < 4.78 is 4.95. The van der Waals surface area contributed by atoms with Crippen LogP contribution in [0.15, 0.2) is 89.8 Å². The minimum atomic E-state index is -1.11. The van der Waals surface area contributed by atoms with Crippen molar-refractivity contribution in [1.82, 2.24) is 0 Å². The number of hydrogen-bond acceptors (Lipinski definition) is 6. The zero-order chi connectivity index (χ0) is 27.1. The smallest absolute Gasteiger partial charge is 0.338 e.